The molecule has 0 saturated heterocycles. The van der Waals surface area contributed by atoms with Crippen LogP contribution in [0.15, 0.2) is 0 Å². The lowest BCUT2D eigenvalue weighted by molar-refractivity contribution is 0.226. The lowest BCUT2D eigenvalue weighted by atomic mass is 9.76. The summed E-state index contributed by atoms with van der Waals surface area (Å²) in [5.41, 5.74) is 6.23. The highest BCUT2D eigenvalue weighted by molar-refractivity contribution is 7.90. The zero-order valence-electron chi connectivity index (χ0n) is 12.6. The molecule has 1 aliphatic carbocycles. The summed E-state index contributed by atoms with van der Waals surface area (Å²) in [7, 11) is -2.83. The maximum Gasteiger partial charge on any atom is 0.147 e. The Morgan fingerprint density at radius 1 is 1.16 bits per heavy atom. The first kappa shape index (κ1) is 17.0. The molecule has 0 heterocycles. The largest absolute Gasteiger partial charge is 0.327 e. The fraction of sp³-hybridized carbons (Fsp3) is 1.00. The molecule has 1 fully saturated rings. The molecule has 1 saturated carbocycles. The molecule has 19 heavy (non-hydrogen) atoms. The maximum absolute atomic E-state index is 11.1. The molecule has 1 rings (SSSR count). The topological polar surface area (TPSA) is 60.2 Å². The predicted molar refractivity (Wildman–Crippen MR) is 81.9 cm³/mol. The average molecular weight is 289 g/mol. The van der Waals surface area contributed by atoms with Crippen LogP contribution < -0.4 is 5.73 Å². The van der Waals surface area contributed by atoms with Crippen molar-refractivity contribution in [3.63, 3.8) is 0 Å². The van der Waals surface area contributed by atoms with Crippen molar-refractivity contribution in [1.29, 1.82) is 0 Å². The molecule has 0 aromatic rings. The molecule has 0 aliphatic heterocycles. The van der Waals surface area contributed by atoms with Gasteiger partial charge in [-0.05, 0) is 37.5 Å². The van der Waals surface area contributed by atoms with Crippen LogP contribution in [0, 0.1) is 11.8 Å². The van der Waals surface area contributed by atoms with E-state index in [1.807, 2.05) is 0 Å². The van der Waals surface area contributed by atoms with E-state index in [9.17, 15) is 8.42 Å². The molecular weight excluding hydrogens is 258 g/mol. The second-order valence-corrected chi connectivity index (χ2v) is 8.62. The van der Waals surface area contributed by atoms with E-state index in [4.69, 9.17) is 5.73 Å². The Hall–Kier alpha value is -0.0900. The Bertz CT molecular complexity index is 332. The first-order valence-corrected chi connectivity index (χ1v) is 9.91. The second-order valence-electron chi connectivity index (χ2n) is 6.36. The molecular formula is C15H31NO2S. The van der Waals surface area contributed by atoms with Gasteiger partial charge in [-0.3, -0.25) is 0 Å². The van der Waals surface area contributed by atoms with Gasteiger partial charge in [0.15, 0.2) is 0 Å². The zero-order valence-corrected chi connectivity index (χ0v) is 13.4. The monoisotopic (exact) mass is 289 g/mol. The number of hydrogen-bond donors (Lipinski definition) is 1. The normalized spacial score (nSPS) is 26.3. The van der Waals surface area contributed by atoms with Gasteiger partial charge in [0, 0.05) is 18.1 Å². The number of hydrogen-bond acceptors (Lipinski definition) is 3. The molecule has 0 aromatic carbocycles. The Morgan fingerprint density at radius 3 is 2.32 bits per heavy atom. The highest BCUT2D eigenvalue weighted by Gasteiger charge is 2.25. The van der Waals surface area contributed by atoms with Gasteiger partial charge in [-0.1, -0.05) is 39.0 Å². The summed E-state index contributed by atoms with van der Waals surface area (Å²) in [6.07, 6.45) is 12.1. The van der Waals surface area contributed by atoms with E-state index in [1.54, 1.807) is 0 Å². The molecule has 0 bridgehead atoms. The third-order valence-corrected chi connectivity index (χ3v) is 5.55. The van der Waals surface area contributed by atoms with Crippen molar-refractivity contribution in [3.8, 4) is 0 Å². The summed E-state index contributed by atoms with van der Waals surface area (Å²) in [4.78, 5) is 0. The van der Waals surface area contributed by atoms with Gasteiger partial charge in [-0.25, -0.2) is 8.42 Å². The SMILES string of the molecule is CCCCC1CCC(C(N)CCCS(C)(=O)=O)CC1. The third kappa shape index (κ3) is 7.31. The molecule has 3 nitrogen and oxygen atoms in total. The Balaban J connectivity index is 2.19. The van der Waals surface area contributed by atoms with Gasteiger partial charge in [-0.2, -0.15) is 0 Å². The van der Waals surface area contributed by atoms with Crippen LogP contribution in [0.2, 0.25) is 0 Å². The number of sulfone groups is 1. The highest BCUT2D eigenvalue weighted by atomic mass is 32.2. The summed E-state index contributed by atoms with van der Waals surface area (Å²) < 4.78 is 22.2. The van der Waals surface area contributed by atoms with Gasteiger partial charge >= 0.3 is 0 Å². The molecule has 0 radical (unpaired) electrons. The fourth-order valence-electron chi connectivity index (χ4n) is 3.21. The lowest BCUT2D eigenvalue weighted by Gasteiger charge is -2.32. The molecule has 2 N–H and O–H groups in total. The maximum atomic E-state index is 11.1. The molecule has 1 atom stereocenters. The summed E-state index contributed by atoms with van der Waals surface area (Å²) in [5, 5.41) is 0. The van der Waals surface area contributed by atoms with E-state index in [2.05, 4.69) is 6.92 Å². The lowest BCUT2D eigenvalue weighted by Crippen LogP contribution is -2.33. The highest BCUT2D eigenvalue weighted by Crippen LogP contribution is 2.33. The van der Waals surface area contributed by atoms with Crippen LogP contribution >= 0.6 is 0 Å². The Morgan fingerprint density at radius 2 is 1.79 bits per heavy atom. The van der Waals surface area contributed by atoms with Gasteiger partial charge in [0.05, 0.1) is 0 Å². The third-order valence-electron chi connectivity index (χ3n) is 4.52. The van der Waals surface area contributed by atoms with E-state index in [-0.39, 0.29) is 11.8 Å². The van der Waals surface area contributed by atoms with Crippen molar-refractivity contribution < 1.29 is 8.42 Å². The van der Waals surface area contributed by atoms with Crippen molar-refractivity contribution in [2.75, 3.05) is 12.0 Å². The summed E-state index contributed by atoms with van der Waals surface area (Å²) >= 11 is 0. The van der Waals surface area contributed by atoms with Crippen LogP contribution in [0.25, 0.3) is 0 Å². The quantitative estimate of drug-likeness (QED) is 0.747. The van der Waals surface area contributed by atoms with Crippen molar-refractivity contribution in [2.24, 2.45) is 17.6 Å². The minimum atomic E-state index is -2.83. The van der Waals surface area contributed by atoms with Crippen LogP contribution in [0.4, 0.5) is 0 Å². The van der Waals surface area contributed by atoms with Gasteiger partial charge in [-0.15, -0.1) is 0 Å². The van der Waals surface area contributed by atoms with Crippen molar-refractivity contribution >= 4 is 9.84 Å². The van der Waals surface area contributed by atoms with Crippen LogP contribution in [-0.2, 0) is 9.84 Å². The first-order valence-electron chi connectivity index (χ1n) is 7.85. The molecule has 1 aliphatic rings. The summed E-state index contributed by atoms with van der Waals surface area (Å²) in [6.45, 7) is 2.25. The van der Waals surface area contributed by atoms with E-state index in [1.165, 1.54) is 51.2 Å². The fourth-order valence-corrected chi connectivity index (χ4v) is 3.91. The van der Waals surface area contributed by atoms with Crippen LogP contribution in [-0.4, -0.2) is 26.5 Å². The van der Waals surface area contributed by atoms with Gasteiger partial charge in [0.25, 0.3) is 0 Å². The number of nitrogens with two attached hydrogens (primary N) is 1. The number of rotatable bonds is 8. The van der Waals surface area contributed by atoms with Gasteiger partial charge in [0.2, 0.25) is 0 Å². The smallest absolute Gasteiger partial charge is 0.147 e. The predicted octanol–water partition coefficient (Wildman–Crippen LogP) is 3.14. The first-order chi connectivity index (χ1) is 8.92. The van der Waals surface area contributed by atoms with Crippen molar-refractivity contribution in [3.05, 3.63) is 0 Å². The molecule has 114 valence electrons. The minimum Gasteiger partial charge on any atom is -0.327 e. The van der Waals surface area contributed by atoms with Gasteiger partial charge < -0.3 is 5.73 Å². The standard InChI is InChI=1S/C15H31NO2S/c1-3-4-6-13-8-10-14(11-9-13)15(16)7-5-12-19(2,17)18/h13-15H,3-12,16H2,1-2H3. The number of unbranched alkanes of at least 4 members (excludes halogenated alkanes) is 1. The van der Waals surface area contributed by atoms with Crippen molar-refractivity contribution in [1.82, 2.24) is 0 Å². The summed E-state index contributed by atoms with van der Waals surface area (Å²) in [5.74, 6) is 1.82. The zero-order chi connectivity index (χ0) is 14.3. The Kier molecular flexibility index (Phi) is 7.37. The summed E-state index contributed by atoms with van der Waals surface area (Å²) in [6, 6.07) is 0.203. The van der Waals surface area contributed by atoms with E-state index in [0.717, 1.165) is 18.8 Å². The second kappa shape index (κ2) is 8.25. The molecule has 0 aromatic heterocycles. The van der Waals surface area contributed by atoms with E-state index >= 15 is 0 Å². The van der Waals surface area contributed by atoms with Crippen LogP contribution in [0.1, 0.15) is 64.7 Å². The minimum absolute atomic E-state index is 0.203. The van der Waals surface area contributed by atoms with Crippen molar-refractivity contribution in [2.45, 2.75) is 70.8 Å². The van der Waals surface area contributed by atoms with E-state index in [0.29, 0.717) is 5.92 Å². The van der Waals surface area contributed by atoms with Crippen LogP contribution in [0.3, 0.4) is 0 Å². The van der Waals surface area contributed by atoms with Crippen LogP contribution in [0.5, 0.6) is 0 Å². The molecule has 4 heteroatoms. The average Bonchev–Trinajstić information content (AvgIpc) is 2.35. The van der Waals surface area contributed by atoms with E-state index < -0.39 is 9.84 Å². The van der Waals surface area contributed by atoms with Gasteiger partial charge in [0.1, 0.15) is 9.84 Å². The molecule has 0 amide bonds. The molecule has 1 unspecified atom stereocenters. The Labute approximate surface area is 119 Å². The molecule has 0 spiro atoms.